The van der Waals surface area contributed by atoms with E-state index in [2.05, 4.69) is 10.1 Å². The smallest absolute Gasteiger partial charge is 0.207 e. The topological polar surface area (TPSA) is 61.7 Å². The molecule has 0 fully saturated rings. The molecule has 19 heavy (non-hydrogen) atoms. The monoisotopic (exact) mass is 275 g/mol. The maximum atomic E-state index is 6.32. The predicted octanol–water partition coefficient (Wildman–Crippen LogP) is 2.61. The zero-order chi connectivity index (χ0) is 13.7. The summed E-state index contributed by atoms with van der Waals surface area (Å²) in [6, 6.07) is 5.85. The van der Waals surface area contributed by atoms with Gasteiger partial charge in [-0.05, 0) is 31.5 Å². The van der Waals surface area contributed by atoms with E-state index >= 15 is 0 Å². The minimum absolute atomic E-state index is 0.414. The van der Waals surface area contributed by atoms with E-state index in [1.54, 1.807) is 4.68 Å². The number of hydrogen-bond donors (Lipinski definition) is 1. The number of nitrogens with two attached hydrogens (primary N) is 1. The van der Waals surface area contributed by atoms with Crippen LogP contribution in [0, 0.1) is 13.8 Å². The van der Waals surface area contributed by atoms with Crippen molar-refractivity contribution < 1.29 is 0 Å². The van der Waals surface area contributed by atoms with E-state index in [1.807, 2.05) is 43.7 Å². The molecule has 0 aliphatic carbocycles. The average molecular weight is 276 g/mol. The van der Waals surface area contributed by atoms with Crippen LogP contribution in [0.3, 0.4) is 0 Å². The second-order valence-corrected chi connectivity index (χ2v) is 5.05. The number of nitrogens with zero attached hydrogens (tertiary/aromatic N) is 4. The van der Waals surface area contributed by atoms with E-state index < -0.39 is 0 Å². The Balaban J connectivity index is 2.38. The van der Waals surface area contributed by atoms with Gasteiger partial charge in [0.25, 0.3) is 0 Å². The zero-order valence-electron chi connectivity index (χ0n) is 11.0. The second kappa shape index (κ2) is 3.99. The molecule has 5 nitrogen and oxygen atoms in total. The second-order valence-electron chi connectivity index (χ2n) is 4.64. The SMILES string of the molecule is Cc1ccc(-n2c(N)nc3c(C)nn(C)c32)c(Cl)c1. The van der Waals surface area contributed by atoms with Gasteiger partial charge in [0.2, 0.25) is 5.95 Å². The number of imidazole rings is 1. The Hall–Kier alpha value is -2.01. The van der Waals surface area contributed by atoms with Crippen molar-refractivity contribution in [3.63, 3.8) is 0 Å². The van der Waals surface area contributed by atoms with Gasteiger partial charge in [-0.15, -0.1) is 0 Å². The van der Waals surface area contributed by atoms with Gasteiger partial charge >= 0.3 is 0 Å². The molecule has 2 heterocycles. The minimum Gasteiger partial charge on any atom is -0.369 e. The molecule has 6 heteroatoms. The summed E-state index contributed by atoms with van der Waals surface area (Å²) in [6.07, 6.45) is 0. The van der Waals surface area contributed by atoms with Crippen LogP contribution in [0.1, 0.15) is 11.3 Å². The Bertz CT molecular complexity index is 784. The van der Waals surface area contributed by atoms with Gasteiger partial charge in [0.15, 0.2) is 5.65 Å². The highest BCUT2D eigenvalue weighted by molar-refractivity contribution is 6.32. The molecule has 0 unspecified atom stereocenters. The molecule has 0 spiro atoms. The summed E-state index contributed by atoms with van der Waals surface area (Å²) in [5.41, 5.74) is 10.4. The van der Waals surface area contributed by atoms with Crippen molar-refractivity contribution in [2.24, 2.45) is 7.05 Å². The summed E-state index contributed by atoms with van der Waals surface area (Å²) in [4.78, 5) is 4.37. The largest absolute Gasteiger partial charge is 0.369 e. The maximum absolute atomic E-state index is 6.32. The molecular formula is C13H14ClN5. The number of rotatable bonds is 1. The highest BCUT2D eigenvalue weighted by Gasteiger charge is 2.18. The van der Waals surface area contributed by atoms with Crippen LogP contribution < -0.4 is 5.73 Å². The van der Waals surface area contributed by atoms with E-state index in [0.29, 0.717) is 11.0 Å². The van der Waals surface area contributed by atoms with Crippen molar-refractivity contribution in [3.05, 3.63) is 34.5 Å². The maximum Gasteiger partial charge on any atom is 0.207 e. The average Bonchev–Trinajstić information content (AvgIpc) is 2.79. The number of hydrogen-bond acceptors (Lipinski definition) is 3. The summed E-state index contributed by atoms with van der Waals surface area (Å²) in [6.45, 7) is 3.91. The zero-order valence-corrected chi connectivity index (χ0v) is 11.7. The summed E-state index contributed by atoms with van der Waals surface area (Å²) < 4.78 is 3.60. The predicted molar refractivity (Wildman–Crippen MR) is 76.7 cm³/mol. The summed E-state index contributed by atoms with van der Waals surface area (Å²) in [7, 11) is 1.87. The summed E-state index contributed by atoms with van der Waals surface area (Å²) in [5, 5.41) is 5.00. The van der Waals surface area contributed by atoms with E-state index in [0.717, 1.165) is 28.1 Å². The fourth-order valence-corrected chi connectivity index (χ4v) is 2.64. The van der Waals surface area contributed by atoms with Gasteiger partial charge in [0.1, 0.15) is 5.52 Å². The molecule has 0 bridgehead atoms. The van der Waals surface area contributed by atoms with Crippen molar-refractivity contribution in [1.82, 2.24) is 19.3 Å². The standard InChI is InChI=1S/C13H14ClN5/c1-7-4-5-10(9(14)6-7)19-12-11(16-13(19)15)8(2)17-18(12)3/h4-6H,1-3H3,(H2,15,16). The molecular weight excluding hydrogens is 262 g/mol. The van der Waals surface area contributed by atoms with Crippen molar-refractivity contribution >= 4 is 28.7 Å². The van der Waals surface area contributed by atoms with Gasteiger partial charge in [-0.1, -0.05) is 17.7 Å². The van der Waals surface area contributed by atoms with Gasteiger partial charge in [-0.25, -0.2) is 9.67 Å². The van der Waals surface area contributed by atoms with Crippen LogP contribution in [-0.2, 0) is 7.05 Å². The first-order valence-corrected chi connectivity index (χ1v) is 6.31. The number of fused-ring (bicyclic) bond motifs is 1. The van der Waals surface area contributed by atoms with Crippen molar-refractivity contribution in [1.29, 1.82) is 0 Å². The number of aryl methyl sites for hydroxylation is 3. The minimum atomic E-state index is 0.414. The van der Waals surface area contributed by atoms with Crippen LogP contribution in [0.5, 0.6) is 0 Å². The normalized spacial score (nSPS) is 11.4. The Labute approximate surface area is 115 Å². The molecule has 2 aromatic heterocycles. The van der Waals surface area contributed by atoms with Gasteiger partial charge in [0, 0.05) is 7.05 Å². The number of nitrogen functional groups attached to an aromatic ring is 1. The van der Waals surface area contributed by atoms with Crippen LogP contribution in [0.15, 0.2) is 18.2 Å². The van der Waals surface area contributed by atoms with Crippen LogP contribution >= 0.6 is 11.6 Å². The van der Waals surface area contributed by atoms with E-state index in [9.17, 15) is 0 Å². The first kappa shape index (κ1) is 12.0. The number of anilines is 1. The number of benzene rings is 1. The number of halogens is 1. The third kappa shape index (κ3) is 1.69. The first-order valence-electron chi connectivity index (χ1n) is 5.93. The third-order valence-corrected chi connectivity index (χ3v) is 3.48. The van der Waals surface area contributed by atoms with Crippen LogP contribution in [0.4, 0.5) is 5.95 Å². The van der Waals surface area contributed by atoms with Crippen LogP contribution in [-0.4, -0.2) is 19.3 Å². The molecule has 0 saturated carbocycles. The molecule has 3 rings (SSSR count). The Morgan fingerprint density at radius 3 is 2.68 bits per heavy atom. The molecule has 0 saturated heterocycles. The van der Waals surface area contributed by atoms with Gasteiger partial charge < -0.3 is 5.73 Å². The van der Waals surface area contributed by atoms with Gasteiger partial charge in [-0.3, -0.25) is 4.57 Å². The fourth-order valence-electron chi connectivity index (χ4n) is 2.32. The van der Waals surface area contributed by atoms with E-state index in [1.165, 1.54) is 0 Å². The highest BCUT2D eigenvalue weighted by Crippen LogP contribution is 2.29. The Kier molecular flexibility index (Phi) is 2.53. The summed E-state index contributed by atoms with van der Waals surface area (Å²) in [5.74, 6) is 0.414. The van der Waals surface area contributed by atoms with Crippen molar-refractivity contribution in [2.45, 2.75) is 13.8 Å². The highest BCUT2D eigenvalue weighted by atomic mass is 35.5. The van der Waals surface area contributed by atoms with Crippen molar-refractivity contribution in [3.8, 4) is 5.69 Å². The van der Waals surface area contributed by atoms with E-state index in [4.69, 9.17) is 17.3 Å². The quantitative estimate of drug-likeness (QED) is 0.742. The van der Waals surface area contributed by atoms with Gasteiger partial charge in [0.05, 0.1) is 16.4 Å². The lowest BCUT2D eigenvalue weighted by molar-refractivity contribution is 0.762. The molecule has 0 aliphatic heterocycles. The first-order chi connectivity index (χ1) is 8.99. The molecule has 0 aliphatic rings. The lowest BCUT2D eigenvalue weighted by Gasteiger charge is -2.09. The number of aromatic nitrogens is 4. The molecule has 0 radical (unpaired) electrons. The van der Waals surface area contributed by atoms with E-state index in [-0.39, 0.29) is 0 Å². The fraction of sp³-hybridized carbons (Fsp3) is 0.231. The van der Waals surface area contributed by atoms with Crippen molar-refractivity contribution in [2.75, 3.05) is 5.73 Å². The molecule has 1 aromatic carbocycles. The molecule has 3 aromatic rings. The lowest BCUT2D eigenvalue weighted by Crippen LogP contribution is -2.05. The third-order valence-electron chi connectivity index (χ3n) is 3.17. The van der Waals surface area contributed by atoms with Crippen LogP contribution in [0.2, 0.25) is 5.02 Å². The Morgan fingerprint density at radius 1 is 1.26 bits per heavy atom. The summed E-state index contributed by atoms with van der Waals surface area (Å²) >= 11 is 6.32. The molecule has 0 atom stereocenters. The molecule has 98 valence electrons. The van der Waals surface area contributed by atoms with Crippen LogP contribution in [0.25, 0.3) is 16.9 Å². The Morgan fingerprint density at radius 2 is 2.00 bits per heavy atom. The lowest BCUT2D eigenvalue weighted by atomic mass is 10.2. The van der Waals surface area contributed by atoms with Gasteiger partial charge in [-0.2, -0.15) is 5.10 Å². The molecule has 0 amide bonds. The molecule has 2 N–H and O–H groups in total.